The molecule has 4 nitrogen and oxygen atoms in total. The van der Waals surface area contributed by atoms with Crippen LogP contribution < -0.4 is 0 Å². The van der Waals surface area contributed by atoms with Gasteiger partial charge in [-0.2, -0.15) is 5.26 Å². The molecule has 1 amide bonds. The van der Waals surface area contributed by atoms with E-state index in [2.05, 4.69) is 0 Å². The average molecular weight is 184 g/mol. The Morgan fingerprint density at radius 2 is 2.08 bits per heavy atom. The van der Waals surface area contributed by atoms with Gasteiger partial charge in [-0.05, 0) is 27.7 Å². The van der Waals surface area contributed by atoms with Crippen molar-refractivity contribution in [2.24, 2.45) is 0 Å². The van der Waals surface area contributed by atoms with Gasteiger partial charge in [-0.3, -0.25) is 4.90 Å². The minimum absolute atomic E-state index is 0.226. The Morgan fingerprint density at radius 1 is 1.62 bits per heavy atom. The van der Waals surface area contributed by atoms with Crippen molar-refractivity contribution in [3.05, 3.63) is 0 Å². The zero-order valence-corrected chi connectivity index (χ0v) is 8.53. The summed E-state index contributed by atoms with van der Waals surface area (Å²) in [6.45, 7) is 7.18. The lowest BCUT2D eigenvalue weighted by atomic mass is 10.0. The Hall–Kier alpha value is -1.24. The summed E-state index contributed by atoms with van der Waals surface area (Å²) in [7, 11) is 0. The second-order valence-electron chi connectivity index (χ2n) is 4.03. The average Bonchev–Trinajstić information content (AvgIpc) is 1.82. The van der Waals surface area contributed by atoms with Gasteiger partial charge in [0.05, 0.1) is 12.5 Å². The zero-order valence-electron chi connectivity index (χ0n) is 8.53. The minimum atomic E-state index is -0.977. The molecule has 0 aliphatic carbocycles. The van der Waals surface area contributed by atoms with Gasteiger partial charge in [0.2, 0.25) is 0 Å². The predicted octanol–water partition coefficient (Wildman–Crippen LogP) is 2.07. The molecule has 0 aliphatic heterocycles. The molecule has 0 radical (unpaired) electrons. The van der Waals surface area contributed by atoms with E-state index < -0.39 is 11.6 Å². The van der Waals surface area contributed by atoms with Gasteiger partial charge in [-0.1, -0.05) is 0 Å². The van der Waals surface area contributed by atoms with Gasteiger partial charge < -0.3 is 5.11 Å². The van der Waals surface area contributed by atoms with Gasteiger partial charge >= 0.3 is 6.09 Å². The van der Waals surface area contributed by atoms with E-state index in [-0.39, 0.29) is 12.5 Å². The topological polar surface area (TPSA) is 64.3 Å². The summed E-state index contributed by atoms with van der Waals surface area (Å²) in [4.78, 5) is 12.2. The van der Waals surface area contributed by atoms with Gasteiger partial charge in [-0.25, -0.2) is 4.79 Å². The number of nitriles is 1. The van der Waals surface area contributed by atoms with Gasteiger partial charge in [0.1, 0.15) is 0 Å². The quantitative estimate of drug-likeness (QED) is 0.714. The molecule has 1 atom stereocenters. The maximum Gasteiger partial charge on any atom is 0.408 e. The highest BCUT2D eigenvalue weighted by Gasteiger charge is 2.30. The van der Waals surface area contributed by atoms with E-state index in [9.17, 15) is 4.79 Å². The normalized spacial score (nSPS) is 13.2. The first-order chi connectivity index (χ1) is 5.80. The second-order valence-corrected chi connectivity index (χ2v) is 4.03. The summed E-state index contributed by atoms with van der Waals surface area (Å²) < 4.78 is 0. The molecule has 0 aromatic carbocycles. The molecule has 0 rings (SSSR count). The first kappa shape index (κ1) is 11.8. The standard InChI is InChI=1S/C9H16N2O2/c1-7(5-6-10)11(8(12)13)9(2,3)4/h7H,5H2,1-4H3,(H,12,13)/t7-/m1/s1. The van der Waals surface area contributed by atoms with Gasteiger partial charge in [0.25, 0.3) is 0 Å². The van der Waals surface area contributed by atoms with Crippen molar-refractivity contribution in [1.82, 2.24) is 4.90 Å². The molecule has 0 saturated carbocycles. The Morgan fingerprint density at radius 3 is 2.31 bits per heavy atom. The first-order valence-corrected chi connectivity index (χ1v) is 4.20. The third kappa shape index (κ3) is 3.32. The molecule has 1 N–H and O–H groups in total. The van der Waals surface area contributed by atoms with Crippen LogP contribution in [0.1, 0.15) is 34.1 Å². The number of hydrogen-bond acceptors (Lipinski definition) is 2. The van der Waals surface area contributed by atoms with Crippen molar-refractivity contribution < 1.29 is 9.90 Å². The van der Waals surface area contributed by atoms with E-state index in [4.69, 9.17) is 10.4 Å². The Labute approximate surface area is 78.8 Å². The smallest absolute Gasteiger partial charge is 0.408 e. The maximum absolute atomic E-state index is 10.9. The largest absolute Gasteiger partial charge is 0.465 e. The molecule has 0 saturated heterocycles. The molecule has 0 aliphatic rings. The summed E-state index contributed by atoms with van der Waals surface area (Å²) in [6.07, 6.45) is -0.751. The molecular weight excluding hydrogens is 168 g/mol. The monoisotopic (exact) mass is 184 g/mol. The molecule has 0 aromatic heterocycles. The van der Waals surface area contributed by atoms with Crippen LogP contribution in [0, 0.1) is 11.3 Å². The summed E-state index contributed by atoms with van der Waals surface area (Å²) >= 11 is 0. The predicted molar refractivity (Wildman–Crippen MR) is 49.3 cm³/mol. The summed E-state index contributed by atoms with van der Waals surface area (Å²) in [5.41, 5.74) is -0.456. The van der Waals surface area contributed by atoms with Crippen molar-refractivity contribution in [3.8, 4) is 6.07 Å². The highest BCUT2D eigenvalue weighted by Crippen LogP contribution is 2.18. The van der Waals surface area contributed by atoms with Gasteiger partial charge in [-0.15, -0.1) is 0 Å². The maximum atomic E-state index is 10.9. The molecule has 4 heteroatoms. The highest BCUT2D eigenvalue weighted by atomic mass is 16.4. The van der Waals surface area contributed by atoms with Crippen molar-refractivity contribution in [2.45, 2.75) is 45.7 Å². The van der Waals surface area contributed by atoms with Crippen LogP contribution in [-0.2, 0) is 0 Å². The number of hydrogen-bond donors (Lipinski definition) is 1. The van der Waals surface area contributed by atoms with Crippen molar-refractivity contribution in [1.29, 1.82) is 5.26 Å². The van der Waals surface area contributed by atoms with E-state index in [0.717, 1.165) is 0 Å². The lowest BCUT2D eigenvalue weighted by molar-refractivity contribution is 0.0768. The molecule has 0 spiro atoms. The highest BCUT2D eigenvalue weighted by molar-refractivity contribution is 5.66. The Balaban J connectivity index is 4.64. The van der Waals surface area contributed by atoms with Crippen LogP contribution in [0.3, 0.4) is 0 Å². The first-order valence-electron chi connectivity index (χ1n) is 4.20. The minimum Gasteiger partial charge on any atom is -0.465 e. The van der Waals surface area contributed by atoms with Crippen LogP contribution in [0.25, 0.3) is 0 Å². The lowest BCUT2D eigenvalue weighted by Crippen LogP contribution is -2.49. The molecule has 13 heavy (non-hydrogen) atoms. The Kier molecular flexibility index (Phi) is 3.73. The van der Waals surface area contributed by atoms with Gasteiger partial charge in [0, 0.05) is 11.6 Å². The fourth-order valence-electron chi connectivity index (χ4n) is 1.36. The summed E-state index contributed by atoms with van der Waals surface area (Å²) in [5.74, 6) is 0. The molecule has 0 fully saturated rings. The fourth-order valence-corrected chi connectivity index (χ4v) is 1.36. The SMILES string of the molecule is C[C@H](CC#N)N(C(=O)O)C(C)(C)C. The second kappa shape index (κ2) is 4.13. The number of carboxylic acid groups (broad SMARTS) is 1. The Bertz CT molecular complexity index is 225. The number of rotatable bonds is 2. The van der Waals surface area contributed by atoms with E-state index >= 15 is 0 Å². The van der Waals surface area contributed by atoms with Gasteiger partial charge in [0.15, 0.2) is 0 Å². The van der Waals surface area contributed by atoms with Crippen LogP contribution in [0.4, 0.5) is 4.79 Å². The third-order valence-corrected chi connectivity index (χ3v) is 1.76. The van der Waals surface area contributed by atoms with Crippen LogP contribution in [0.5, 0.6) is 0 Å². The molecule has 74 valence electrons. The van der Waals surface area contributed by atoms with Crippen LogP contribution in [0.2, 0.25) is 0 Å². The van der Waals surface area contributed by atoms with Crippen molar-refractivity contribution in [3.63, 3.8) is 0 Å². The molecule has 0 bridgehead atoms. The number of amides is 1. The van der Waals surface area contributed by atoms with E-state index in [1.54, 1.807) is 6.92 Å². The van der Waals surface area contributed by atoms with E-state index in [0.29, 0.717) is 0 Å². The fraction of sp³-hybridized carbons (Fsp3) is 0.778. The van der Waals surface area contributed by atoms with Crippen LogP contribution in [0.15, 0.2) is 0 Å². The van der Waals surface area contributed by atoms with E-state index in [1.165, 1.54) is 4.90 Å². The number of nitrogens with zero attached hydrogens (tertiary/aromatic N) is 2. The molecular formula is C9H16N2O2. The van der Waals surface area contributed by atoms with Crippen LogP contribution >= 0.6 is 0 Å². The molecule has 0 aromatic rings. The van der Waals surface area contributed by atoms with Crippen molar-refractivity contribution >= 4 is 6.09 Å². The number of carbonyl (C=O) groups is 1. The summed E-state index contributed by atoms with van der Waals surface area (Å²) in [6, 6.07) is 1.71. The molecule has 0 heterocycles. The molecule has 0 unspecified atom stereocenters. The third-order valence-electron chi connectivity index (χ3n) is 1.76. The summed E-state index contributed by atoms with van der Waals surface area (Å²) in [5, 5.41) is 17.4. The van der Waals surface area contributed by atoms with Crippen LogP contribution in [-0.4, -0.2) is 27.7 Å². The van der Waals surface area contributed by atoms with E-state index in [1.807, 2.05) is 26.8 Å². The zero-order chi connectivity index (χ0) is 10.6. The van der Waals surface area contributed by atoms with Crippen molar-refractivity contribution in [2.75, 3.05) is 0 Å². The lowest BCUT2D eigenvalue weighted by Gasteiger charge is -2.37.